The van der Waals surface area contributed by atoms with E-state index in [1.54, 1.807) is 25.6 Å². The second-order valence-corrected chi connectivity index (χ2v) is 6.06. The van der Waals surface area contributed by atoms with Gasteiger partial charge in [0.05, 0.1) is 12.3 Å². The fourth-order valence-corrected chi connectivity index (χ4v) is 3.38. The lowest BCUT2D eigenvalue weighted by Crippen LogP contribution is -2.28. The van der Waals surface area contributed by atoms with Gasteiger partial charge in [-0.2, -0.15) is 0 Å². The smallest absolute Gasteiger partial charge is 0.185 e. The third-order valence-electron chi connectivity index (χ3n) is 3.34. The molecule has 122 valence electrons. The molecule has 1 N–H and O–H groups in total. The molecule has 0 bridgehead atoms. The van der Waals surface area contributed by atoms with Crippen molar-refractivity contribution in [3.8, 4) is 0 Å². The minimum absolute atomic E-state index is 0.351. The number of nitrogens with one attached hydrogen (secondary N) is 1. The number of thiazole rings is 1. The van der Waals surface area contributed by atoms with Gasteiger partial charge in [-0.3, -0.25) is 0 Å². The molecule has 1 aromatic rings. The molecule has 5 nitrogen and oxygen atoms in total. The highest BCUT2D eigenvalue weighted by molar-refractivity contribution is 7.15. The summed E-state index contributed by atoms with van der Waals surface area (Å²) < 4.78 is 10.4. The third kappa shape index (κ3) is 5.90. The van der Waals surface area contributed by atoms with Gasteiger partial charge < -0.3 is 19.7 Å². The Hall–Kier alpha value is -0.690. The molecule has 1 rings (SSSR count). The highest BCUT2D eigenvalue weighted by Crippen LogP contribution is 2.30. The quantitative estimate of drug-likeness (QED) is 0.636. The molecule has 0 aliphatic heterocycles. The van der Waals surface area contributed by atoms with Crippen LogP contribution < -0.4 is 10.2 Å². The molecular formula is C15H29N3O2S. The molecule has 0 saturated heterocycles. The Labute approximate surface area is 132 Å². The summed E-state index contributed by atoms with van der Waals surface area (Å²) in [7, 11) is 3.47. The summed E-state index contributed by atoms with van der Waals surface area (Å²) in [6.07, 6.45) is 0.997. The normalized spacial score (nSPS) is 12.6. The Bertz CT molecular complexity index is 398. The SMILES string of the molecule is CCNC(C)c1sc(N(CCCOC)CCOC)nc1C. The van der Waals surface area contributed by atoms with Gasteiger partial charge >= 0.3 is 0 Å². The van der Waals surface area contributed by atoms with Crippen LogP contribution >= 0.6 is 11.3 Å². The lowest BCUT2D eigenvalue weighted by atomic mass is 10.2. The topological polar surface area (TPSA) is 46.6 Å². The van der Waals surface area contributed by atoms with Crippen LogP contribution in [0.5, 0.6) is 0 Å². The predicted octanol–water partition coefficient (Wildman–Crippen LogP) is 2.61. The molecule has 0 aromatic carbocycles. The number of methoxy groups -OCH3 is 2. The molecule has 1 aromatic heterocycles. The summed E-state index contributed by atoms with van der Waals surface area (Å²) in [6.45, 7) is 10.7. The molecule has 0 fully saturated rings. The number of ether oxygens (including phenoxy) is 2. The Morgan fingerprint density at radius 3 is 2.57 bits per heavy atom. The zero-order valence-corrected chi connectivity index (χ0v) is 14.8. The van der Waals surface area contributed by atoms with Crippen LogP contribution in [0.2, 0.25) is 0 Å². The first-order valence-electron chi connectivity index (χ1n) is 7.57. The van der Waals surface area contributed by atoms with E-state index >= 15 is 0 Å². The summed E-state index contributed by atoms with van der Waals surface area (Å²) in [6, 6.07) is 0.351. The van der Waals surface area contributed by atoms with Crippen molar-refractivity contribution >= 4 is 16.5 Å². The van der Waals surface area contributed by atoms with Gasteiger partial charge in [0.25, 0.3) is 0 Å². The lowest BCUT2D eigenvalue weighted by molar-refractivity contribution is 0.191. The van der Waals surface area contributed by atoms with Crippen LogP contribution in [-0.4, -0.2) is 52.1 Å². The zero-order valence-electron chi connectivity index (χ0n) is 13.9. The van der Waals surface area contributed by atoms with Crippen molar-refractivity contribution in [1.82, 2.24) is 10.3 Å². The number of aryl methyl sites for hydroxylation is 1. The molecule has 1 heterocycles. The molecule has 0 aliphatic carbocycles. The van der Waals surface area contributed by atoms with E-state index in [1.165, 1.54) is 4.88 Å². The van der Waals surface area contributed by atoms with Crippen LogP contribution in [0, 0.1) is 6.92 Å². The molecule has 1 unspecified atom stereocenters. The number of nitrogens with zero attached hydrogens (tertiary/aromatic N) is 2. The third-order valence-corrected chi connectivity index (χ3v) is 4.74. The molecule has 0 spiro atoms. The van der Waals surface area contributed by atoms with Gasteiger partial charge in [-0.25, -0.2) is 4.98 Å². The number of hydrogen-bond acceptors (Lipinski definition) is 6. The Morgan fingerprint density at radius 2 is 1.95 bits per heavy atom. The second kappa shape index (κ2) is 10.1. The van der Waals surface area contributed by atoms with Crippen molar-refractivity contribution in [3.63, 3.8) is 0 Å². The average Bonchev–Trinajstić information content (AvgIpc) is 2.85. The van der Waals surface area contributed by atoms with E-state index in [0.29, 0.717) is 12.6 Å². The standard InChI is InChI=1S/C15H29N3O2S/c1-6-16-12(2)14-13(3)17-15(21-14)18(9-11-20-5)8-7-10-19-4/h12,16H,6-11H2,1-5H3. The van der Waals surface area contributed by atoms with Crippen LogP contribution in [0.25, 0.3) is 0 Å². The van der Waals surface area contributed by atoms with Crippen LogP contribution in [0.15, 0.2) is 0 Å². The van der Waals surface area contributed by atoms with Gasteiger partial charge in [0, 0.05) is 44.8 Å². The highest BCUT2D eigenvalue weighted by Gasteiger charge is 2.17. The van der Waals surface area contributed by atoms with E-state index in [1.807, 2.05) is 0 Å². The van der Waals surface area contributed by atoms with Gasteiger partial charge in [0.2, 0.25) is 0 Å². The van der Waals surface area contributed by atoms with E-state index < -0.39 is 0 Å². The summed E-state index contributed by atoms with van der Waals surface area (Å²) in [4.78, 5) is 8.37. The monoisotopic (exact) mass is 315 g/mol. The summed E-state index contributed by atoms with van der Waals surface area (Å²) in [5.74, 6) is 0. The van der Waals surface area contributed by atoms with E-state index in [9.17, 15) is 0 Å². The minimum Gasteiger partial charge on any atom is -0.385 e. The molecule has 0 radical (unpaired) electrons. The van der Waals surface area contributed by atoms with Gasteiger partial charge in [-0.05, 0) is 26.8 Å². The van der Waals surface area contributed by atoms with Crippen LogP contribution in [-0.2, 0) is 9.47 Å². The van der Waals surface area contributed by atoms with Crippen LogP contribution in [0.1, 0.15) is 36.9 Å². The van der Waals surface area contributed by atoms with Crippen LogP contribution in [0.4, 0.5) is 5.13 Å². The van der Waals surface area contributed by atoms with Crippen molar-refractivity contribution in [2.45, 2.75) is 33.2 Å². The largest absolute Gasteiger partial charge is 0.385 e. The molecule has 0 amide bonds. The summed E-state index contributed by atoms with van der Waals surface area (Å²) >= 11 is 1.78. The number of hydrogen-bond donors (Lipinski definition) is 1. The summed E-state index contributed by atoms with van der Waals surface area (Å²) in [5.41, 5.74) is 1.12. The van der Waals surface area contributed by atoms with Gasteiger partial charge in [-0.1, -0.05) is 6.92 Å². The Morgan fingerprint density at radius 1 is 1.24 bits per heavy atom. The van der Waals surface area contributed by atoms with Crippen molar-refractivity contribution in [2.24, 2.45) is 0 Å². The Balaban J connectivity index is 2.78. The van der Waals surface area contributed by atoms with Crippen molar-refractivity contribution < 1.29 is 9.47 Å². The molecule has 0 aliphatic rings. The second-order valence-electron chi connectivity index (χ2n) is 5.05. The average molecular weight is 315 g/mol. The summed E-state index contributed by atoms with van der Waals surface area (Å²) in [5, 5.41) is 4.54. The van der Waals surface area contributed by atoms with Crippen molar-refractivity contribution in [3.05, 3.63) is 10.6 Å². The first-order valence-corrected chi connectivity index (χ1v) is 8.39. The molecule has 6 heteroatoms. The van der Waals surface area contributed by atoms with Gasteiger partial charge in [0.1, 0.15) is 0 Å². The number of aromatic nitrogens is 1. The predicted molar refractivity (Wildman–Crippen MR) is 89.5 cm³/mol. The van der Waals surface area contributed by atoms with Crippen molar-refractivity contribution in [1.29, 1.82) is 0 Å². The van der Waals surface area contributed by atoms with E-state index in [4.69, 9.17) is 14.5 Å². The van der Waals surface area contributed by atoms with E-state index in [2.05, 4.69) is 31.0 Å². The van der Waals surface area contributed by atoms with Crippen LogP contribution in [0.3, 0.4) is 0 Å². The van der Waals surface area contributed by atoms with E-state index in [-0.39, 0.29) is 0 Å². The Kier molecular flexibility index (Phi) is 8.84. The molecule has 1 atom stereocenters. The number of anilines is 1. The fourth-order valence-electron chi connectivity index (χ4n) is 2.23. The highest BCUT2D eigenvalue weighted by atomic mass is 32.1. The molecule has 21 heavy (non-hydrogen) atoms. The maximum Gasteiger partial charge on any atom is 0.185 e. The first-order chi connectivity index (χ1) is 10.1. The maximum atomic E-state index is 5.21. The molecular weight excluding hydrogens is 286 g/mol. The minimum atomic E-state index is 0.351. The zero-order chi connectivity index (χ0) is 15.7. The first kappa shape index (κ1) is 18.4. The fraction of sp³-hybridized carbons (Fsp3) is 0.800. The molecule has 0 saturated carbocycles. The van der Waals surface area contributed by atoms with Crippen molar-refractivity contribution in [2.75, 3.05) is 52.0 Å². The lowest BCUT2D eigenvalue weighted by Gasteiger charge is -2.21. The van der Waals surface area contributed by atoms with E-state index in [0.717, 1.165) is 43.5 Å². The maximum absolute atomic E-state index is 5.21. The van der Waals surface area contributed by atoms with Gasteiger partial charge in [0.15, 0.2) is 5.13 Å². The van der Waals surface area contributed by atoms with Gasteiger partial charge in [-0.15, -0.1) is 11.3 Å². The number of rotatable bonds is 11.